The number of urea groups is 1. The molecule has 0 aliphatic carbocycles. The van der Waals surface area contributed by atoms with Crippen LogP contribution in [0.2, 0.25) is 0 Å². The lowest BCUT2D eigenvalue weighted by atomic mass is 10.3. The number of carbonyl (C=O) groups is 1. The molecule has 0 spiro atoms. The molecule has 1 aromatic heterocycles. The summed E-state index contributed by atoms with van der Waals surface area (Å²) in [5.74, 6) is 1.67. The van der Waals surface area contributed by atoms with Crippen molar-refractivity contribution in [2.75, 3.05) is 18.7 Å². The molecule has 0 saturated carbocycles. The summed E-state index contributed by atoms with van der Waals surface area (Å²) in [6.45, 7) is 2.57. The molecule has 0 aliphatic rings. The number of H-pyrrole nitrogens is 1. The van der Waals surface area contributed by atoms with Crippen LogP contribution in [0.1, 0.15) is 6.92 Å². The Hall–Kier alpha value is -2.77. The zero-order valence-corrected chi connectivity index (χ0v) is 10.9. The minimum atomic E-state index is -0.437. The van der Waals surface area contributed by atoms with E-state index in [1.165, 1.54) is 6.33 Å². The number of amides is 2. The van der Waals surface area contributed by atoms with Gasteiger partial charge in [-0.3, -0.25) is 5.32 Å². The van der Waals surface area contributed by atoms with Gasteiger partial charge in [0, 0.05) is 0 Å². The fraction of sp³-hybridized carbons (Fsp3) is 0.250. The van der Waals surface area contributed by atoms with E-state index in [1.807, 2.05) is 6.92 Å². The number of ether oxygens (including phenoxy) is 2. The lowest BCUT2D eigenvalue weighted by Crippen LogP contribution is -2.32. The molecule has 2 amide bonds. The molecular weight excluding hydrogens is 262 g/mol. The Morgan fingerprint density at radius 1 is 1.25 bits per heavy atom. The Kier molecular flexibility index (Phi) is 4.76. The maximum Gasteiger partial charge on any atom is 0.324 e. The topological polar surface area (TPSA) is 101 Å². The molecule has 0 atom stereocenters. The maximum absolute atomic E-state index is 11.4. The Bertz CT molecular complexity index is 527. The SMILES string of the molecule is CCOc1ccc(OCNC(=O)Nc2ncn[nH]2)cc1. The molecule has 20 heavy (non-hydrogen) atoms. The van der Waals surface area contributed by atoms with Crippen LogP contribution < -0.4 is 20.1 Å². The standard InChI is InChI=1S/C12H15N5O3/c1-2-19-9-3-5-10(6-4-9)20-8-14-12(18)16-11-13-7-15-17-11/h3-7H,2,8H2,1H3,(H3,13,14,15,16,17,18). The van der Waals surface area contributed by atoms with Gasteiger partial charge in [0.1, 0.15) is 17.8 Å². The van der Waals surface area contributed by atoms with Crippen LogP contribution in [0, 0.1) is 0 Å². The van der Waals surface area contributed by atoms with Crippen molar-refractivity contribution in [3.8, 4) is 11.5 Å². The molecule has 8 heteroatoms. The molecule has 8 nitrogen and oxygen atoms in total. The van der Waals surface area contributed by atoms with Crippen molar-refractivity contribution in [1.29, 1.82) is 0 Å². The van der Waals surface area contributed by atoms with Gasteiger partial charge in [0.2, 0.25) is 5.95 Å². The molecule has 0 radical (unpaired) electrons. The van der Waals surface area contributed by atoms with Crippen molar-refractivity contribution in [3.05, 3.63) is 30.6 Å². The number of carbonyl (C=O) groups excluding carboxylic acids is 1. The van der Waals surface area contributed by atoms with E-state index in [-0.39, 0.29) is 12.7 Å². The first-order valence-corrected chi connectivity index (χ1v) is 6.04. The molecule has 106 valence electrons. The number of aromatic nitrogens is 3. The zero-order valence-electron chi connectivity index (χ0n) is 10.9. The van der Waals surface area contributed by atoms with E-state index >= 15 is 0 Å². The van der Waals surface area contributed by atoms with Crippen LogP contribution in [0.15, 0.2) is 30.6 Å². The van der Waals surface area contributed by atoms with E-state index in [9.17, 15) is 4.79 Å². The van der Waals surface area contributed by atoms with Crippen molar-refractivity contribution in [2.24, 2.45) is 0 Å². The first-order valence-electron chi connectivity index (χ1n) is 6.04. The quantitative estimate of drug-likeness (QED) is 0.692. The fourth-order valence-corrected chi connectivity index (χ4v) is 1.40. The molecular formula is C12H15N5O3. The third-order valence-electron chi connectivity index (χ3n) is 2.25. The molecule has 0 fully saturated rings. The molecule has 1 aromatic carbocycles. The zero-order chi connectivity index (χ0) is 14.2. The van der Waals surface area contributed by atoms with E-state index < -0.39 is 6.03 Å². The molecule has 0 bridgehead atoms. The number of rotatable bonds is 6. The Labute approximate surface area is 115 Å². The summed E-state index contributed by atoms with van der Waals surface area (Å²) in [6.07, 6.45) is 1.30. The van der Waals surface area contributed by atoms with Crippen molar-refractivity contribution < 1.29 is 14.3 Å². The summed E-state index contributed by atoms with van der Waals surface area (Å²) in [5.41, 5.74) is 0. The second-order valence-electron chi connectivity index (χ2n) is 3.66. The second kappa shape index (κ2) is 6.98. The minimum absolute atomic E-state index is 0.0357. The Morgan fingerprint density at radius 2 is 1.95 bits per heavy atom. The predicted molar refractivity (Wildman–Crippen MR) is 71.6 cm³/mol. The van der Waals surface area contributed by atoms with Gasteiger partial charge in [0.25, 0.3) is 0 Å². The fourth-order valence-electron chi connectivity index (χ4n) is 1.40. The van der Waals surface area contributed by atoms with Crippen LogP contribution >= 0.6 is 0 Å². The third-order valence-corrected chi connectivity index (χ3v) is 2.25. The monoisotopic (exact) mass is 277 g/mol. The van der Waals surface area contributed by atoms with Gasteiger partial charge >= 0.3 is 6.03 Å². The van der Waals surface area contributed by atoms with Crippen LogP contribution in [-0.4, -0.2) is 34.6 Å². The first-order chi connectivity index (χ1) is 9.78. The van der Waals surface area contributed by atoms with Crippen LogP contribution in [-0.2, 0) is 0 Å². The molecule has 3 N–H and O–H groups in total. The lowest BCUT2D eigenvalue weighted by molar-refractivity contribution is 0.234. The number of nitrogens with one attached hydrogen (secondary N) is 3. The lowest BCUT2D eigenvalue weighted by Gasteiger charge is -2.09. The smallest absolute Gasteiger partial charge is 0.324 e. The van der Waals surface area contributed by atoms with Crippen LogP contribution in [0.4, 0.5) is 10.7 Å². The highest BCUT2D eigenvalue weighted by Crippen LogP contribution is 2.17. The van der Waals surface area contributed by atoms with E-state index in [0.29, 0.717) is 12.4 Å². The van der Waals surface area contributed by atoms with Gasteiger partial charge in [-0.25, -0.2) is 9.89 Å². The molecule has 1 heterocycles. The van der Waals surface area contributed by atoms with Crippen molar-refractivity contribution >= 4 is 12.0 Å². The van der Waals surface area contributed by atoms with E-state index in [0.717, 1.165) is 5.75 Å². The summed E-state index contributed by atoms with van der Waals surface area (Å²) >= 11 is 0. The number of benzene rings is 1. The second-order valence-corrected chi connectivity index (χ2v) is 3.66. The average Bonchev–Trinajstić information content (AvgIpc) is 2.94. The van der Waals surface area contributed by atoms with Gasteiger partial charge in [-0.2, -0.15) is 10.1 Å². The maximum atomic E-state index is 11.4. The summed E-state index contributed by atoms with van der Waals surface area (Å²) in [5, 5.41) is 11.1. The predicted octanol–water partition coefficient (Wildman–Crippen LogP) is 1.36. The van der Waals surface area contributed by atoms with E-state index in [2.05, 4.69) is 25.8 Å². The highest BCUT2D eigenvalue weighted by molar-refractivity contribution is 5.87. The normalized spacial score (nSPS) is 9.85. The van der Waals surface area contributed by atoms with Crippen LogP contribution in [0.3, 0.4) is 0 Å². The van der Waals surface area contributed by atoms with Crippen molar-refractivity contribution in [3.63, 3.8) is 0 Å². The summed E-state index contributed by atoms with van der Waals surface area (Å²) in [4.78, 5) is 15.2. The van der Waals surface area contributed by atoms with Crippen LogP contribution in [0.25, 0.3) is 0 Å². The van der Waals surface area contributed by atoms with Crippen molar-refractivity contribution in [2.45, 2.75) is 6.92 Å². The van der Waals surface area contributed by atoms with E-state index in [1.54, 1.807) is 24.3 Å². The molecule has 2 aromatic rings. The third kappa shape index (κ3) is 4.16. The van der Waals surface area contributed by atoms with Gasteiger partial charge in [0.05, 0.1) is 6.61 Å². The number of aromatic amines is 1. The summed E-state index contributed by atoms with van der Waals surface area (Å²) in [7, 11) is 0. The number of hydrogen-bond acceptors (Lipinski definition) is 5. The van der Waals surface area contributed by atoms with Gasteiger partial charge in [0.15, 0.2) is 6.73 Å². The number of anilines is 1. The van der Waals surface area contributed by atoms with Gasteiger partial charge < -0.3 is 14.8 Å². The average molecular weight is 277 g/mol. The minimum Gasteiger partial charge on any atom is -0.494 e. The molecule has 2 rings (SSSR count). The Balaban J connectivity index is 1.71. The van der Waals surface area contributed by atoms with Gasteiger partial charge in [-0.1, -0.05) is 0 Å². The van der Waals surface area contributed by atoms with Gasteiger partial charge in [-0.05, 0) is 31.2 Å². The molecule has 0 saturated heterocycles. The number of nitrogens with zero attached hydrogens (tertiary/aromatic N) is 2. The first kappa shape index (κ1) is 13.7. The molecule has 0 aliphatic heterocycles. The summed E-state index contributed by atoms with van der Waals surface area (Å²) in [6, 6.07) is 6.69. The highest BCUT2D eigenvalue weighted by Gasteiger charge is 2.03. The van der Waals surface area contributed by atoms with Crippen molar-refractivity contribution in [1.82, 2.24) is 20.5 Å². The Morgan fingerprint density at radius 3 is 2.55 bits per heavy atom. The van der Waals surface area contributed by atoms with Crippen LogP contribution in [0.5, 0.6) is 11.5 Å². The highest BCUT2D eigenvalue weighted by atomic mass is 16.5. The summed E-state index contributed by atoms with van der Waals surface area (Å²) < 4.78 is 10.7. The molecule has 0 unspecified atom stereocenters. The number of hydrogen-bond donors (Lipinski definition) is 3. The largest absolute Gasteiger partial charge is 0.494 e. The van der Waals surface area contributed by atoms with Gasteiger partial charge in [-0.15, -0.1) is 0 Å². The van der Waals surface area contributed by atoms with E-state index in [4.69, 9.17) is 9.47 Å².